The predicted molar refractivity (Wildman–Crippen MR) is 67.1 cm³/mol. The molecule has 1 heterocycles. The standard InChI is InChI=1S/C12H13FN2OS/c1-15-7-6-12(10(14)16,11(15)17)8-4-2-3-5-9(8)13/h2-5H,6-7H2,1H3,(H2,14,16). The summed E-state index contributed by atoms with van der Waals surface area (Å²) >= 11 is 5.25. The minimum Gasteiger partial charge on any atom is -0.369 e. The smallest absolute Gasteiger partial charge is 0.235 e. The summed E-state index contributed by atoms with van der Waals surface area (Å²) in [4.78, 5) is 13.9. The van der Waals surface area contributed by atoms with Crippen LogP contribution in [0.2, 0.25) is 0 Å². The molecule has 1 unspecified atom stereocenters. The van der Waals surface area contributed by atoms with E-state index in [9.17, 15) is 9.18 Å². The summed E-state index contributed by atoms with van der Waals surface area (Å²) in [6.45, 7) is 0.607. The van der Waals surface area contributed by atoms with Crippen molar-refractivity contribution in [3.8, 4) is 0 Å². The van der Waals surface area contributed by atoms with Crippen molar-refractivity contribution in [3.05, 3.63) is 35.6 Å². The number of carbonyl (C=O) groups is 1. The molecule has 1 aromatic rings. The Hall–Kier alpha value is -1.49. The Balaban J connectivity index is 2.62. The molecule has 0 spiro atoms. The van der Waals surface area contributed by atoms with Gasteiger partial charge in [-0.15, -0.1) is 0 Å². The highest BCUT2D eigenvalue weighted by Crippen LogP contribution is 2.37. The number of hydrogen-bond acceptors (Lipinski definition) is 2. The minimum atomic E-state index is -1.17. The number of rotatable bonds is 2. The van der Waals surface area contributed by atoms with E-state index in [1.165, 1.54) is 6.07 Å². The predicted octanol–water partition coefficient (Wildman–Crippen LogP) is 1.21. The molecule has 1 atom stereocenters. The fraction of sp³-hybridized carbons (Fsp3) is 0.333. The Labute approximate surface area is 104 Å². The molecule has 0 saturated carbocycles. The topological polar surface area (TPSA) is 46.3 Å². The molecular weight excluding hydrogens is 239 g/mol. The molecule has 17 heavy (non-hydrogen) atoms. The lowest BCUT2D eigenvalue weighted by atomic mass is 9.78. The molecule has 1 aromatic carbocycles. The Bertz CT molecular complexity index is 491. The molecule has 3 nitrogen and oxygen atoms in total. The van der Waals surface area contributed by atoms with Gasteiger partial charge in [-0.2, -0.15) is 0 Å². The lowest BCUT2D eigenvalue weighted by molar-refractivity contribution is -0.121. The summed E-state index contributed by atoms with van der Waals surface area (Å²) in [5.41, 5.74) is 4.57. The largest absolute Gasteiger partial charge is 0.369 e. The van der Waals surface area contributed by atoms with Crippen LogP contribution in [0.3, 0.4) is 0 Å². The maximum absolute atomic E-state index is 13.9. The molecule has 5 heteroatoms. The average molecular weight is 252 g/mol. The Morgan fingerprint density at radius 1 is 1.53 bits per heavy atom. The second-order valence-corrected chi connectivity index (χ2v) is 4.61. The van der Waals surface area contributed by atoms with Crippen molar-refractivity contribution in [3.63, 3.8) is 0 Å². The van der Waals surface area contributed by atoms with Crippen LogP contribution in [0.5, 0.6) is 0 Å². The third-order valence-electron chi connectivity index (χ3n) is 3.29. The van der Waals surface area contributed by atoms with Crippen molar-refractivity contribution in [1.82, 2.24) is 4.90 Å². The molecular formula is C12H13FN2OS. The molecule has 90 valence electrons. The van der Waals surface area contributed by atoms with Crippen LogP contribution in [0.15, 0.2) is 24.3 Å². The van der Waals surface area contributed by atoms with Crippen LogP contribution < -0.4 is 5.73 Å². The van der Waals surface area contributed by atoms with Crippen molar-refractivity contribution in [2.75, 3.05) is 13.6 Å². The van der Waals surface area contributed by atoms with Gasteiger partial charge in [0.15, 0.2) is 0 Å². The molecule has 1 saturated heterocycles. The zero-order chi connectivity index (χ0) is 12.6. The van der Waals surface area contributed by atoms with E-state index in [4.69, 9.17) is 18.0 Å². The first-order valence-electron chi connectivity index (χ1n) is 5.30. The van der Waals surface area contributed by atoms with Gasteiger partial charge in [-0.05, 0) is 12.5 Å². The molecule has 0 aromatic heterocycles. The summed E-state index contributed by atoms with van der Waals surface area (Å²) in [5.74, 6) is -1.03. The number of nitrogens with zero attached hydrogens (tertiary/aromatic N) is 1. The van der Waals surface area contributed by atoms with E-state index in [1.54, 1.807) is 30.1 Å². The molecule has 1 fully saturated rings. The number of halogens is 1. The van der Waals surface area contributed by atoms with Gasteiger partial charge in [-0.25, -0.2) is 4.39 Å². The number of benzene rings is 1. The van der Waals surface area contributed by atoms with Crippen LogP contribution in [0.1, 0.15) is 12.0 Å². The van der Waals surface area contributed by atoms with Crippen molar-refractivity contribution < 1.29 is 9.18 Å². The van der Waals surface area contributed by atoms with Crippen LogP contribution in [0.4, 0.5) is 4.39 Å². The molecule has 1 amide bonds. The van der Waals surface area contributed by atoms with Crippen LogP contribution in [0.25, 0.3) is 0 Å². The van der Waals surface area contributed by atoms with Crippen LogP contribution >= 0.6 is 12.2 Å². The maximum Gasteiger partial charge on any atom is 0.235 e. The van der Waals surface area contributed by atoms with Crippen LogP contribution in [-0.2, 0) is 10.2 Å². The van der Waals surface area contributed by atoms with E-state index >= 15 is 0 Å². The number of primary amides is 1. The molecule has 0 aliphatic carbocycles. The van der Waals surface area contributed by atoms with E-state index < -0.39 is 17.1 Å². The average Bonchev–Trinajstić information content (AvgIpc) is 2.58. The fourth-order valence-corrected chi connectivity index (χ4v) is 2.69. The minimum absolute atomic E-state index is 0.279. The molecule has 0 radical (unpaired) electrons. The van der Waals surface area contributed by atoms with E-state index in [1.807, 2.05) is 0 Å². The number of hydrogen-bond donors (Lipinski definition) is 1. The third kappa shape index (κ3) is 1.61. The third-order valence-corrected chi connectivity index (χ3v) is 3.95. The van der Waals surface area contributed by atoms with Gasteiger partial charge in [0.1, 0.15) is 11.2 Å². The molecule has 0 bridgehead atoms. The molecule has 1 aliphatic heterocycles. The Kier molecular flexibility index (Phi) is 2.87. The van der Waals surface area contributed by atoms with Gasteiger partial charge in [0.25, 0.3) is 0 Å². The maximum atomic E-state index is 13.9. The summed E-state index contributed by atoms with van der Waals surface area (Å²) in [6.07, 6.45) is 0.429. The first-order chi connectivity index (χ1) is 8.00. The SMILES string of the molecule is CN1CCC(C(N)=O)(c2ccccc2F)C1=S. The van der Waals surface area contributed by atoms with Gasteiger partial charge in [0, 0.05) is 19.2 Å². The van der Waals surface area contributed by atoms with Crippen molar-refractivity contribution >= 4 is 23.1 Å². The Morgan fingerprint density at radius 2 is 2.18 bits per heavy atom. The Morgan fingerprint density at radius 3 is 2.65 bits per heavy atom. The highest BCUT2D eigenvalue weighted by atomic mass is 32.1. The van der Waals surface area contributed by atoms with Gasteiger partial charge in [0.05, 0.1) is 4.99 Å². The van der Waals surface area contributed by atoms with E-state index in [0.29, 0.717) is 18.0 Å². The normalized spacial score (nSPS) is 24.1. The van der Waals surface area contributed by atoms with Crippen molar-refractivity contribution in [2.24, 2.45) is 5.73 Å². The zero-order valence-corrected chi connectivity index (χ0v) is 10.3. The molecule has 2 N–H and O–H groups in total. The highest BCUT2D eigenvalue weighted by molar-refractivity contribution is 7.80. The van der Waals surface area contributed by atoms with Gasteiger partial charge in [-0.1, -0.05) is 30.4 Å². The van der Waals surface area contributed by atoms with Crippen LogP contribution in [-0.4, -0.2) is 29.4 Å². The summed E-state index contributed by atoms with van der Waals surface area (Å²) < 4.78 is 13.9. The molecule has 2 rings (SSSR count). The second-order valence-electron chi connectivity index (χ2n) is 4.23. The lowest BCUT2D eigenvalue weighted by Gasteiger charge is -2.27. The number of nitrogens with two attached hydrogens (primary N) is 1. The van der Waals surface area contributed by atoms with E-state index in [2.05, 4.69) is 0 Å². The first-order valence-corrected chi connectivity index (χ1v) is 5.71. The number of likely N-dealkylation sites (tertiary alicyclic amines) is 1. The fourth-order valence-electron chi connectivity index (χ4n) is 2.29. The van der Waals surface area contributed by atoms with Gasteiger partial charge < -0.3 is 10.6 Å². The van der Waals surface area contributed by atoms with E-state index in [-0.39, 0.29) is 5.56 Å². The number of thiocarbonyl (C=S) groups is 1. The summed E-state index contributed by atoms with van der Waals surface area (Å²) in [5, 5.41) is 0. The lowest BCUT2D eigenvalue weighted by Crippen LogP contribution is -2.47. The zero-order valence-electron chi connectivity index (χ0n) is 9.44. The summed E-state index contributed by atoms with van der Waals surface area (Å²) in [7, 11) is 1.79. The van der Waals surface area contributed by atoms with Gasteiger partial charge in [-0.3, -0.25) is 4.79 Å². The second kappa shape index (κ2) is 4.07. The number of carbonyl (C=O) groups excluding carboxylic acids is 1. The number of likely N-dealkylation sites (N-methyl/N-ethyl adjacent to an activating group) is 1. The van der Waals surface area contributed by atoms with E-state index in [0.717, 1.165) is 0 Å². The number of amides is 1. The highest BCUT2D eigenvalue weighted by Gasteiger charge is 2.49. The van der Waals surface area contributed by atoms with Crippen molar-refractivity contribution in [2.45, 2.75) is 11.8 Å². The van der Waals surface area contributed by atoms with Crippen molar-refractivity contribution in [1.29, 1.82) is 0 Å². The van der Waals surface area contributed by atoms with Gasteiger partial charge in [0.2, 0.25) is 5.91 Å². The first kappa shape index (κ1) is 12.0. The quantitative estimate of drug-likeness (QED) is 0.805. The molecule has 1 aliphatic rings. The van der Waals surface area contributed by atoms with Crippen LogP contribution in [0, 0.1) is 5.82 Å². The van der Waals surface area contributed by atoms with Gasteiger partial charge >= 0.3 is 0 Å². The summed E-state index contributed by atoms with van der Waals surface area (Å²) in [6, 6.07) is 6.16. The monoisotopic (exact) mass is 252 g/mol.